The molecule has 0 aliphatic heterocycles. The average molecular weight is 374 g/mol. The van der Waals surface area contributed by atoms with E-state index in [-0.39, 0.29) is 0 Å². The van der Waals surface area contributed by atoms with E-state index in [0.29, 0.717) is 6.42 Å². The molecule has 0 atom stereocenters. The molecular weight excluding hydrogens is 361 g/mol. The summed E-state index contributed by atoms with van der Waals surface area (Å²) < 4.78 is 1.06. The Morgan fingerprint density at radius 3 is 2.50 bits per heavy atom. The molecule has 94 valence electrons. The van der Waals surface area contributed by atoms with Gasteiger partial charge in [-0.25, -0.2) is 9.97 Å². The predicted molar refractivity (Wildman–Crippen MR) is 83.3 cm³/mol. The van der Waals surface area contributed by atoms with E-state index in [1.807, 2.05) is 38.2 Å². The summed E-state index contributed by atoms with van der Waals surface area (Å²) in [4.78, 5) is 9.01. The summed E-state index contributed by atoms with van der Waals surface area (Å²) in [5.41, 5.74) is 2.15. The predicted octanol–water partition coefficient (Wildman–Crippen LogP) is 3.68. The maximum Gasteiger partial charge on any atom is 0.143 e. The Morgan fingerprint density at radius 1 is 1.22 bits per heavy atom. The molecule has 0 saturated carbocycles. The third-order valence-electron chi connectivity index (χ3n) is 2.58. The second kappa shape index (κ2) is 5.84. The van der Waals surface area contributed by atoms with E-state index in [9.17, 15) is 0 Å². The first-order chi connectivity index (χ1) is 8.60. The molecule has 0 bridgehead atoms. The molecule has 1 aromatic carbocycles. The Morgan fingerprint density at radius 2 is 1.89 bits per heavy atom. The van der Waals surface area contributed by atoms with Crippen molar-refractivity contribution in [2.24, 2.45) is 0 Å². The molecule has 1 heterocycles. The van der Waals surface area contributed by atoms with E-state index >= 15 is 0 Å². The SMILES string of the molecule is CNc1nc(Cc2ccc(Cl)cc2)nc(C)c1I. The van der Waals surface area contributed by atoms with Gasteiger partial charge in [0.1, 0.15) is 11.6 Å². The second-order valence-corrected chi connectivity index (χ2v) is 5.46. The smallest absolute Gasteiger partial charge is 0.143 e. The normalized spacial score (nSPS) is 10.4. The Balaban J connectivity index is 2.29. The number of anilines is 1. The van der Waals surface area contributed by atoms with Crippen molar-refractivity contribution in [1.82, 2.24) is 9.97 Å². The molecule has 0 amide bonds. The van der Waals surface area contributed by atoms with E-state index in [1.54, 1.807) is 0 Å². The van der Waals surface area contributed by atoms with Crippen LogP contribution in [0, 0.1) is 10.5 Å². The molecule has 0 spiro atoms. The molecule has 0 aliphatic carbocycles. The fourth-order valence-electron chi connectivity index (χ4n) is 1.65. The maximum absolute atomic E-state index is 5.87. The number of aromatic nitrogens is 2. The molecule has 18 heavy (non-hydrogen) atoms. The Labute approximate surface area is 125 Å². The topological polar surface area (TPSA) is 37.8 Å². The van der Waals surface area contributed by atoms with Crippen LogP contribution in [-0.4, -0.2) is 17.0 Å². The summed E-state index contributed by atoms with van der Waals surface area (Å²) in [7, 11) is 1.87. The number of nitrogens with one attached hydrogen (secondary N) is 1. The lowest BCUT2D eigenvalue weighted by atomic mass is 10.1. The maximum atomic E-state index is 5.87. The minimum Gasteiger partial charge on any atom is -0.372 e. The molecule has 0 aliphatic rings. The van der Waals surface area contributed by atoms with E-state index in [0.717, 1.165) is 31.5 Å². The molecule has 5 heteroatoms. The van der Waals surface area contributed by atoms with E-state index in [2.05, 4.69) is 37.9 Å². The first kappa shape index (κ1) is 13.5. The van der Waals surface area contributed by atoms with Crippen molar-refractivity contribution in [3.05, 3.63) is 49.9 Å². The highest BCUT2D eigenvalue weighted by Crippen LogP contribution is 2.19. The van der Waals surface area contributed by atoms with E-state index in [1.165, 1.54) is 0 Å². The molecular formula is C13H13ClIN3. The van der Waals surface area contributed by atoms with Crippen molar-refractivity contribution in [2.75, 3.05) is 12.4 Å². The van der Waals surface area contributed by atoms with Crippen LogP contribution >= 0.6 is 34.2 Å². The van der Waals surface area contributed by atoms with Crippen LogP contribution in [0.5, 0.6) is 0 Å². The number of hydrogen-bond donors (Lipinski definition) is 1. The van der Waals surface area contributed by atoms with Crippen LogP contribution in [0.2, 0.25) is 5.02 Å². The molecule has 0 fully saturated rings. The van der Waals surface area contributed by atoms with Gasteiger partial charge in [-0.15, -0.1) is 0 Å². The number of nitrogens with zero attached hydrogens (tertiary/aromatic N) is 2. The zero-order valence-electron chi connectivity index (χ0n) is 10.2. The van der Waals surface area contributed by atoms with Crippen LogP contribution < -0.4 is 5.32 Å². The van der Waals surface area contributed by atoms with Gasteiger partial charge >= 0.3 is 0 Å². The van der Waals surface area contributed by atoms with Gasteiger partial charge in [0, 0.05) is 18.5 Å². The molecule has 3 nitrogen and oxygen atoms in total. The largest absolute Gasteiger partial charge is 0.372 e. The van der Waals surface area contributed by atoms with Crippen LogP contribution in [0.3, 0.4) is 0 Å². The van der Waals surface area contributed by atoms with Crippen molar-refractivity contribution in [2.45, 2.75) is 13.3 Å². The van der Waals surface area contributed by atoms with Gasteiger partial charge in [-0.1, -0.05) is 23.7 Å². The van der Waals surface area contributed by atoms with Crippen LogP contribution in [0.4, 0.5) is 5.82 Å². The average Bonchev–Trinajstić information content (AvgIpc) is 2.36. The molecule has 0 radical (unpaired) electrons. The van der Waals surface area contributed by atoms with Gasteiger partial charge in [0.2, 0.25) is 0 Å². The number of benzene rings is 1. The fourth-order valence-corrected chi connectivity index (χ4v) is 2.28. The van der Waals surface area contributed by atoms with E-state index in [4.69, 9.17) is 11.6 Å². The van der Waals surface area contributed by atoms with Gasteiger partial charge in [-0.2, -0.15) is 0 Å². The minimum atomic E-state index is 0.712. The lowest BCUT2D eigenvalue weighted by Crippen LogP contribution is -2.05. The summed E-state index contributed by atoms with van der Waals surface area (Å²) in [5, 5.41) is 3.84. The van der Waals surface area contributed by atoms with Crippen molar-refractivity contribution < 1.29 is 0 Å². The molecule has 2 rings (SSSR count). The number of aryl methyl sites for hydroxylation is 1. The minimum absolute atomic E-state index is 0.712. The lowest BCUT2D eigenvalue weighted by Gasteiger charge is -2.08. The summed E-state index contributed by atoms with van der Waals surface area (Å²) in [6.07, 6.45) is 0.712. The second-order valence-electron chi connectivity index (χ2n) is 3.94. The zero-order valence-corrected chi connectivity index (χ0v) is 13.1. The van der Waals surface area contributed by atoms with Crippen molar-refractivity contribution in [3.63, 3.8) is 0 Å². The van der Waals surface area contributed by atoms with Gasteiger partial charge < -0.3 is 5.32 Å². The van der Waals surface area contributed by atoms with Crippen LogP contribution in [-0.2, 0) is 6.42 Å². The van der Waals surface area contributed by atoms with Gasteiger partial charge in [0.05, 0.1) is 9.26 Å². The van der Waals surface area contributed by atoms with Crippen LogP contribution in [0.1, 0.15) is 17.1 Å². The summed E-state index contributed by atoms with van der Waals surface area (Å²) >= 11 is 8.12. The van der Waals surface area contributed by atoms with Crippen molar-refractivity contribution >= 4 is 40.0 Å². The first-order valence-corrected chi connectivity index (χ1v) is 7.01. The number of halogens is 2. The van der Waals surface area contributed by atoms with Gasteiger partial charge in [0.15, 0.2) is 0 Å². The highest BCUT2D eigenvalue weighted by Gasteiger charge is 2.08. The van der Waals surface area contributed by atoms with Crippen LogP contribution in [0.15, 0.2) is 24.3 Å². The summed E-state index contributed by atoms with van der Waals surface area (Å²) in [6.45, 7) is 2.00. The van der Waals surface area contributed by atoms with Gasteiger partial charge in [-0.05, 0) is 47.2 Å². The summed E-state index contributed by atoms with van der Waals surface area (Å²) in [5.74, 6) is 1.70. The lowest BCUT2D eigenvalue weighted by molar-refractivity contribution is 0.935. The number of hydrogen-bond acceptors (Lipinski definition) is 3. The summed E-state index contributed by atoms with van der Waals surface area (Å²) in [6, 6.07) is 7.76. The molecule has 1 N–H and O–H groups in total. The highest BCUT2D eigenvalue weighted by atomic mass is 127. The van der Waals surface area contributed by atoms with Crippen molar-refractivity contribution in [1.29, 1.82) is 0 Å². The van der Waals surface area contributed by atoms with Gasteiger partial charge in [0.25, 0.3) is 0 Å². The highest BCUT2D eigenvalue weighted by molar-refractivity contribution is 14.1. The van der Waals surface area contributed by atoms with Gasteiger partial charge in [-0.3, -0.25) is 0 Å². The molecule has 0 unspecified atom stereocenters. The third kappa shape index (κ3) is 3.11. The van der Waals surface area contributed by atoms with E-state index < -0.39 is 0 Å². The number of rotatable bonds is 3. The zero-order chi connectivity index (χ0) is 13.1. The Hall–Kier alpha value is -0.880. The Bertz CT molecular complexity index is 555. The molecule has 1 aromatic heterocycles. The molecule has 2 aromatic rings. The first-order valence-electron chi connectivity index (χ1n) is 5.55. The monoisotopic (exact) mass is 373 g/mol. The van der Waals surface area contributed by atoms with Crippen LogP contribution in [0.25, 0.3) is 0 Å². The fraction of sp³-hybridized carbons (Fsp3) is 0.231. The quantitative estimate of drug-likeness (QED) is 0.834. The van der Waals surface area contributed by atoms with Crippen molar-refractivity contribution in [3.8, 4) is 0 Å². The molecule has 0 saturated heterocycles. The Kier molecular flexibility index (Phi) is 4.40. The third-order valence-corrected chi connectivity index (χ3v) is 4.12. The standard InChI is InChI=1S/C13H13ClIN3/c1-8-12(15)13(16-2)18-11(17-8)7-9-3-5-10(14)6-4-9/h3-6H,7H2,1-2H3,(H,16,17,18).